The van der Waals surface area contributed by atoms with Gasteiger partial charge in [0.05, 0.1) is 23.0 Å². The Hall–Kier alpha value is -2.38. The topological polar surface area (TPSA) is 75.1 Å². The third-order valence-corrected chi connectivity index (χ3v) is 5.88. The summed E-state index contributed by atoms with van der Waals surface area (Å²) in [6.07, 6.45) is 5.85. The summed E-state index contributed by atoms with van der Waals surface area (Å²) < 4.78 is 0. The normalized spacial score (nSPS) is 14.9. The van der Waals surface area contributed by atoms with Crippen molar-refractivity contribution in [3.63, 3.8) is 0 Å². The lowest BCUT2D eigenvalue weighted by Gasteiger charge is -2.14. The highest BCUT2D eigenvalue weighted by molar-refractivity contribution is 7.18. The average Bonchev–Trinajstić information content (AvgIpc) is 3.35. The van der Waals surface area contributed by atoms with Gasteiger partial charge in [0.15, 0.2) is 5.82 Å². The van der Waals surface area contributed by atoms with E-state index >= 15 is 0 Å². The van der Waals surface area contributed by atoms with Crippen LogP contribution in [0.3, 0.4) is 0 Å². The van der Waals surface area contributed by atoms with E-state index in [1.54, 1.807) is 23.9 Å². The van der Waals surface area contributed by atoms with Crippen molar-refractivity contribution in [3.8, 4) is 0 Å². The molecule has 0 aromatic carbocycles. The third-order valence-electron chi connectivity index (χ3n) is 4.41. The number of hydrazone groups is 1. The van der Waals surface area contributed by atoms with Gasteiger partial charge in [-0.05, 0) is 36.5 Å². The van der Waals surface area contributed by atoms with Crippen molar-refractivity contribution < 1.29 is 0 Å². The van der Waals surface area contributed by atoms with Crippen molar-refractivity contribution >= 4 is 33.6 Å². The van der Waals surface area contributed by atoms with Gasteiger partial charge >= 0.3 is 0 Å². The molecule has 1 fully saturated rings. The minimum Gasteiger partial charge on any atom is -0.308 e. The van der Waals surface area contributed by atoms with E-state index < -0.39 is 0 Å². The van der Waals surface area contributed by atoms with E-state index in [4.69, 9.17) is 0 Å². The summed E-state index contributed by atoms with van der Waals surface area (Å²) in [6.45, 7) is 7.41. The molecular weight excluding hydrogens is 356 g/mol. The molecule has 1 aliphatic rings. The van der Waals surface area contributed by atoms with Crippen LogP contribution in [0.15, 0.2) is 35.7 Å². The largest absolute Gasteiger partial charge is 0.308 e. The number of fused-ring (bicyclic) bond motifs is 1. The molecule has 0 bridgehead atoms. The lowest BCUT2D eigenvalue weighted by atomic mass is 9.94. The second-order valence-electron chi connectivity index (χ2n) is 7.88. The highest BCUT2D eigenvalue weighted by Gasteiger charge is 2.20. The molecule has 3 aromatic rings. The lowest BCUT2D eigenvalue weighted by molar-refractivity contribution is 0.604. The van der Waals surface area contributed by atoms with Gasteiger partial charge in [-0.25, -0.2) is 9.97 Å². The molecule has 0 saturated heterocycles. The van der Waals surface area contributed by atoms with Crippen LogP contribution in [0.4, 0.5) is 5.82 Å². The van der Waals surface area contributed by atoms with Crippen molar-refractivity contribution in [1.82, 2.24) is 20.3 Å². The SMILES string of the molecule is CC(C)(C)c1cc2c(NN=Cc3cccc(CNC4CC4)n3)ncnc2s1. The van der Waals surface area contributed by atoms with E-state index in [2.05, 4.69) is 57.6 Å². The molecule has 4 rings (SSSR count). The van der Waals surface area contributed by atoms with Crippen LogP contribution in [-0.4, -0.2) is 27.2 Å². The molecule has 3 heterocycles. The van der Waals surface area contributed by atoms with Gasteiger partial charge in [-0.3, -0.25) is 10.4 Å². The predicted molar refractivity (Wildman–Crippen MR) is 111 cm³/mol. The van der Waals surface area contributed by atoms with Crippen LogP contribution in [-0.2, 0) is 12.0 Å². The number of hydrogen-bond acceptors (Lipinski definition) is 7. The van der Waals surface area contributed by atoms with Crippen LogP contribution in [0, 0.1) is 0 Å². The van der Waals surface area contributed by atoms with Gasteiger partial charge in [0.2, 0.25) is 0 Å². The fraction of sp³-hybridized carbons (Fsp3) is 0.400. The molecule has 140 valence electrons. The van der Waals surface area contributed by atoms with Crippen LogP contribution >= 0.6 is 11.3 Å². The molecule has 27 heavy (non-hydrogen) atoms. The lowest BCUT2D eigenvalue weighted by Crippen LogP contribution is -2.16. The quantitative estimate of drug-likeness (QED) is 0.498. The zero-order valence-corrected chi connectivity index (χ0v) is 16.7. The van der Waals surface area contributed by atoms with Crippen LogP contribution < -0.4 is 10.7 Å². The van der Waals surface area contributed by atoms with Crippen molar-refractivity contribution in [2.24, 2.45) is 5.10 Å². The Morgan fingerprint density at radius 2 is 2.11 bits per heavy atom. The van der Waals surface area contributed by atoms with Crippen molar-refractivity contribution in [2.45, 2.75) is 51.6 Å². The Morgan fingerprint density at radius 1 is 1.26 bits per heavy atom. The first-order chi connectivity index (χ1) is 13.0. The maximum Gasteiger partial charge on any atom is 0.158 e. The van der Waals surface area contributed by atoms with Crippen molar-refractivity contribution in [3.05, 3.63) is 46.9 Å². The number of nitrogens with zero attached hydrogens (tertiary/aromatic N) is 4. The van der Waals surface area contributed by atoms with E-state index in [0.717, 1.165) is 34.0 Å². The van der Waals surface area contributed by atoms with E-state index in [1.165, 1.54) is 17.7 Å². The number of nitrogens with one attached hydrogen (secondary N) is 2. The van der Waals surface area contributed by atoms with Gasteiger partial charge in [-0.15, -0.1) is 11.3 Å². The van der Waals surface area contributed by atoms with Gasteiger partial charge in [0.25, 0.3) is 0 Å². The van der Waals surface area contributed by atoms with Crippen LogP contribution in [0.5, 0.6) is 0 Å². The first-order valence-electron chi connectivity index (χ1n) is 9.22. The molecule has 6 nitrogen and oxygen atoms in total. The van der Waals surface area contributed by atoms with Crippen molar-refractivity contribution in [2.75, 3.05) is 5.43 Å². The van der Waals surface area contributed by atoms with E-state index in [-0.39, 0.29) is 5.41 Å². The molecule has 0 radical (unpaired) electrons. The monoisotopic (exact) mass is 380 g/mol. The Labute approximate surface area is 163 Å². The van der Waals surface area contributed by atoms with Crippen LogP contribution in [0.1, 0.15) is 49.9 Å². The minimum atomic E-state index is 0.0881. The summed E-state index contributed by atoms with van der Waals surface area (Å²) in [5.74, 6) is 0.717. The molecule has 0 spiro atoms. The number of pyridine rings is 1. The smallest absolute Gasteiger partial charge is 0.158 e. The number of anilines is 1. The maximum atomic E-state index is 4.62. The van der Waals surface area contributed by atoms with Crippen molar-refractivity contribution in [1.29, 1.82) is 0 Å². The van der Waals surface area contributed by atoms with E-state index in [9.17, 15) is 0 Å². The molecular formula is C20H24N6S. The maximum absolute atomic E-state index is 4.62. The number of hydrogen-bond donors (Lipinski definition) is 2. The summed E-state index contributed by atoms with van der Waals surface area (Å²) >= 11 is 1.70. The second-order valence-corrected chi connectivity index (χ2v) is 8.91. The summed E-state index contributed by atoms with van der Waals surface area (Å²) in [6, 6.07) is 8.82. The predicted octanol–water partition coefficient (Wildman–Crippen LogP) is 4.08. The van der Waals surface area contributed by atoms with Gasteiger partial charge in [-0.2, -0.15) is 5.10 Å². The highest BCUT2D eigenvalue weighted by atomic mass is 32.1. The molecule has 0 atom stereocenters. The van der Waals surface area contributed by atoms with Gasteiger partial charge in [-0.1, -0.05) is 26.8 Å². The van der Waals surface area contributed by atoms with Crippen LogP contribution in [0.2, 0.25) is 0 Å². The Balaban J connectivity index is 1.48. The van der Waals surface area contributed by atoms with E-state index in [1.807, 2.05) is 18.2 Å². The number of rotatable bonds is 6. The molecule has 0 unspecified atom stereocenters. The highest BCUT2D eigenvalue weighted by Crippen LogP contribution is 2.35. The number of aromatic nitrogens is 3. The third kappa shape index (κ3) is 4.48. The zero-order chi connectivity index (χ0) is 18.9. The zero-order valence-electron chi connectivity index (χ0n) is 15.9. The van der Waals surface area contributed by atoms with E-state index in [0.29, 0.717) is 6.04 Å². The summed E-state index contributed by atoms with van der Waals surface area (Å²) in [7, 11) is 0. The minimum absolute atomic E-state index is 0.0881. The molecule has 3 aromatic heterocycles. The Morgan fingerprint density at radius 3 is 2.89 bits per heavy atom. The van der Waals surface area contributed by atoms with Gasteiger partial charge in [0.1, 0.15) is 11.2 Å². The van der Waals surface area contributed by atoms with Gasteiger partial charge in [0, 0.05) is 17.5 Å². The molecule has 2 N–H and O–H groups in total. The molecule has 0 aliphatic heterocycles. The molecule has 1 saturated carbocycles. The number of thiophene rings is 1. The molecule has 0 amide bonds. The Kier molecular flexibility index (Phi) is 4.88. The first-order valence-corrected chi connectivity index (χ1v) is 10.0. The second kappa shape index (κ2) is 7.32. The summed E-state index contributed by atoms with van der Waals surface area (Å²) in [4.78, 5) is 15.6. The summed E-state index contributed by atoms with van der Waals surface area (Å²) in [5, 5.41) is 8.82. The fourth-order valence-electron chi connectivity index (χ4n) is 2.68. The standard InChI is InChI=1S/C20H24N6S/c1-20(2,3)17-9-16-18(22-12-23-19(16)27-17)26-24-11-15-6-4-5-14(25-15)10-21-13-7-8-13/h4-6,9,11-13,21H,7-8,10H2,1-3H3,(H,22,23,26). The average molecular weight is 381 g/mol. The van der Waals surface area contributed by atoms with Crippen LogP contribution in [0.25, 0.3) is 10.2 Å². The Bertz CT molecular complexity index is 968. The summed E-state index contributed by atoms with van der Waals surface area (Å²) in [5.41, 5.74) is 4.99. The van der Waals surface area contributed by atoms with Gasteiger partial charge < -0.3 is 5.32 Å². The fourth-order valence-corrected chi connectivity index (χ4v) is 3.74. The molecule has 1 aliphatic carbocycles. The first kappa shape index (κ1) is 18.0. The molecule has 7 heteroatoms.